The first kappa shape index (κ1) is 12.5. The number of furan rings is 1. The second-order valence-electron chi connectivity index (χ2n) is 4.64. The molecule has 2 aliphatic rings. The predicted octanol–water partition coefficient (Wildman–Crippen LogP) is 0.210. The maximum atomic E-state index is 12.4. The van der Waals surface area contributed by atoms with E-state index in [-0.39, 0.29) is 17.2 Å². The van der Waals surface area contributed by atoms with Crippen molar-refractivity contribution in [3.8, 4) is 0 Å². The fraction of sp³-hybridized carbons (Fsp3) is 0.308. The fourth-order valence-electron chi connectivity index (χ4n) is 2.60. The number of nitrogens with one attached hydrogen (secondary N) is 1. The van der Waals surface area contributed by atoms with Crippen LogP contribution in [0.5, 0.6) is 0 Å². The van der Waals surface area contributed by atoms with E-state index in [1.54, 1.807) is 6.07 Å². The molecule has 0 unspecified atom stereocenters. The van der Waals surface area contributed by atoms with Gasteiger partial charge >= 0.3 is 5.97 Å². The number of hydrogen-bond donors (Lipinski definition) is 2. The molecule has 1 aromatic heterocycles. The van der Waals surface area contributed by atoms with E-state index in [0.29, 0.717) is 18.9 Å². The Labute approximate surface area is 113 Å². The van der Waals surface area contributed by atoms with Crippen molar-refractivity contribution in [1.29, 1.82) is 0 Å². The Morgan fingerprint density at radius 2 is 2.30 bits per heavy atom. The van der Waals surface area contributed by atoms with Gasteiger partial charge < -0.3 is 14.8 Å². The van der Waals surface area contributed by atoms with Crippen LogP contribution < -0.4 is 5.32 Å². The van der Waals surface area contributed by atoms with Crippen molar-refractivity contribution in [2.45, 2.75) is 6.42 Å². The summed E-state index contributed by atoms with van der Waals surface area (Å²) < 4.78 is 5.06. The summed E-state index contributed by atoms with van der Waals surface area (Å²) in [6.45, 7) is 0.995. The summed E-state index contributed by atoms with van der Waals surface area (Å²) in [7, 11) is 0. The highest BCUT2D eigenvalue weighted by atomic mass is 16.4. The number of rotatable bonds is 4. The Bertz CT molecular complexity index is 617. The Morgan fingerprint density at radius 3 is 2.95 bits per heavy atom. The van der Waals surface area contributed by atoms with Crippen LogP contribution in [-0.2, 0) is 9.59 Å². The molecule has 3 heterocycles. The molecule has 0 spiro atoms. The van der Waals surface area contributed by atoms with Crippen molar-refractivity contribution in [1.82, 2.24) is 10.2 Å². The maximum Gasteiger partial charge on any atom is 0.304 e. The minimum Gasteiger partial charge on any atom is -0.481 e. The second-order valence-corrected chi connectivity index (χ2v) is 4.64. The summed E-state index contributed by atoms with van der Waals surface area (Å²) in [5.41, 5.74) is 0.185. The molecule has 1 atom stereocenters. The largest absolute Gasteiger partial charge is 0.481 e. The van der Waals surface area contributed by atoms with Gasteiger partial charge in [-0.3, -0.25) is 19.3 Å². The lowest BCUT2D eigenvalue weighted by molar-refractivity contribution is -0.141. The van der Waals surface area contributed by atoms with Gasteiger partial charge in [-0.2, -0.15) is 0 Å². The van der Waals surface area contributed by atoms with Crippen LogP contribution in [-0.4, -0.2) is 40.8 Å². The monoisotopic (exact) mass is 276 g/mol. The van der Waals surface area contributed by atoms with Gasteiger partial charge in [0.2, 0.25) is 11.7 Å². The number of hydrogen-bond acceptors (Lipinski definition) is 5. The average molecular weight is 276 g/mol. The first-order valence-electron chi connectivity index (χ1n) is 6.19. The van der Waals surface area contributed by atoms with E-state index >= 15 is 0 Å². The SMILES string of the molecule is O=C(O)C[C@H]1C(=O)N2CCNC2=C1C(=O)c1ccco1. The molecule has 20 heavy (non-hydrogen) atoms. The third kappa shape index (κ3) is 1.78. The number of ketones is 1. The average Bonchev–Trinajstić information content (AvgIpc) is 3.10. The second kappa shape index (κ2) is 4.52. The molecule has 1 aromatic rings. The lowest BCUT2D eigenvalue weighted by Crippen LogP contribution is -2.29. The number of Topliss-reactive ketones (excluding diaryl/α,β-unsaturated/α-hetero) is 1. The van der Waals surface area contributed by atoms with Crippen LogP contribution in [0.3, 0.4) is 0 Å². The molecular formula is C13H12N2O5. The third-order valence-corrected chi connectivity index (χ3v) is 3.43. The van der Waals surface area contributed by atoms with Crippen molar-refractivity contribution in [3.63, 3.8) is 0 Å². The van der Waals surface area contributed by atoms with Crippen molar-refractivity contribution in [2.24, 2.45) is 5.92 Å². The first-order chi connectivity index (χ1) is 9.59. The molecule has 2 aliphatic heterocycles. The van der Waals surface area contributed by atoms with Gasteiger partial charge in [-0.25, -0.2) is 0 Å². The van der Waals surface area contributed by atoms with E-state index < -0.39 is 24.1 Å². The van der Waals surface area contributed by atoms with Gasteiger partial charge in [0.25, 0.3) is 0 Å². The van der Waals surface area contributed by atoms with E-state index in [4.69, 9.17) is 9.52 Å². The van der Waals surface area contributed by atoms with Gasteiger partial charge in [-0.05, 0) is 12.1 Å². The van der Waals surface area contributed by atoms with E-state index in [0.717, 1.165) is 0 Å². The zero-order chi connectivity index (χ0) is 14.3. The standard InChI is InChI=1S/C13H12N2O5/c16-9(17)6-7-10(11(18)8-2-1-5-20-8)12-14-3-4-15(12)13(7)19/h1-2,5,7,14H,3-4,6H2,(H,16,17)/t7-/m1/s1. The number of amides is 1. The maximum absolute atomic E-state index is 12.4. The van der Waals surface area contributed by atoms with Crippen molar-refractivity contribution < 1.29 is 23.9 Å². The van der Waals surface area contributed by atoms with Crippen LogP contribution in [0.2, 0.25) is 0 Å². The zero-order valence-electron chi connectivity index (χ0n) is 10.5. The van der Waals surface area contributed by atoms with Gasteiger partial charge in [0, 0.05) is 13.1 Å². The lowest BCUT2D eigenvalue weighted by atomic mass is 9.93. The normalized spacial score (nSPS) is 21.1. The molecule has 0 aliphatic carbocycles. The summed E-state index contributed by atoms with van der Waals surface area (Å²) in [6, 6.07) is 3.07. The van der Waals surface area contributed by atoms with Crippen LogP contribution in [0.25, 0.3) is 0 Å². The highest BCUT2D eigenvalue weighted by Crippen LogP contribution is 2.34. The Kier molecular flexibility index (Phi) is 2.81. The van der Waals surface area contributed by atoms with E-state index in [1.165, 1.54) is 17.2 Å². The molecule has 0 saturated carbocycles. The number of carboxylic acids is 1. The predicted molar refractivity (Wildman–Crippen MR) is 65.5 cm³/mol. The van der Waals surface area contributed by atoms with E-state index in [9.17, 15) is 14.4 Å². The molecule has 1 amide bonds. The van der Waals surface area contributed by atoms with Crippen molar-refractivity contribution in [3.05, 3.63) is 35.6 Å². The summed E-state index contributed by atoms with van der Waals surface area (Å²) >= 11 is 0. The molecule has 1 saturated heterocycles. The molecule has 1 fully saturated rings. The Hall–Kier alpha value is -2.57. The number of carbonyl (C=O) groups is 3. The highest BCUT2D eigenvalue weighted by Gasteiger charge is 2.46. The summed E-state index contributed by atoms with van der Waals surface area (Å²) in [5.74, 6) is -2.33. The molecule has 0 bridgehead atoms. The minimum absolute atomic E-state index is 0.103. The number of fused-ring (bicyclic) bond motifs is 1. The number of aliphatic carboxylic acids is 1. The van der Waals surface area contributed by atoms with Gasteiger partial charge in [-0.15, -0.1) is 0 Å². The number of carbonyl (C=O) groups excluding carboxylic acids is 2. The quantitative estimate of drug-likeness (QED) is 0.763. The molecule has 104 valence electrons. The van der Waals surface area contributed by atoms with Crippen LogP contribution in [0.4, 0.5) is 0 Å². The van der Waals surface area contributed by atoms with Crippen LogP contribution in [0.1, 0.15) is 17.0 Å². The Morgan fingerprint density at radius 1 is 1.50 bits per heavy atom. The van der Waals surface area contributed by atoms with Crippen molar-refractivity contribution >= 4 is 17.7 Å². The Balaban J connectivity index is 2.03. The smallest absolute Gasteiger partial charge is 0.304 e. The summed E-state index contributed by atoms with van der Waals surface area (Å²) in [4.78, 5) is 37.0. The van der Waals surface area contributed by atoms with Gasteiger partial charge in [-0.1, -0.05) is 0 Å². The molecule has 7 heteroatoms. The molecule has 7 nitrogen and oxygen atoms in total. The topological polar surface area (TPSA) is 99.9 Å². The summed E-state index contributed by atoms with van der Waals surface area (Å²) in [5, 5.41) is 11.9. The van der Waals surface area contributed by atoms with E-state index in [2.05, 4.69) is 5.32 Å². The highest BCUT2D eigenvalue weighted by molar-refractivity contribution is 6.13. The molecule has 2 N–H and O–H groups in total. The molecule has 0 radical (unpaired) electrons. The molecule has 3 rings (SSSR count). The third-order valence-electron chi connectivity index (χ3n) is 3.43. The van der Waals surface area contributed by atoms with Crippen molar-refractivity contribution in [2.75, 3.05) is 13.1 Å². The van der Waals surface area contributed by atoms with Crippen LogP contribution in [0.15, 0.2) is 34.2 Å². The minimum atomic E-state index is -1.12. The zero-order valence-corrected chi connectivity index (χ0v) is 10.5. The van der Waals surface area contributed by atoms with Gasteiger partial charge in [0.05, 0.1) is 24.2 Å². The van der Waals surface area contributed by atoms with Gasteiger partial charge in [0.15, 0.2) is 5.76 Å². The number of carboxylic acid groups (broad SMARTS) is 1. The number of nitrogens with zero attached hydrogens (tertiary/aromatic N) is 1. The fourth-order valence-corrected chi connectivity index (χ4v) is 2.60. The van der Waals surface area contributed by atoms with Crippen LogP contribution >= 0.6 is 0 Å². The molecular weight excluding hydrogens is 264 g/mol. The van der Waals surface area contributed by atoms with E-state index in [1.807, 2.05) is 0 Å². The molecule has 0 aromatic carbocycles. The first-order valence-corrected chi connectivity index (χ1v) is 6.19. The van der Waals surface area contributed by atoms with Crippen LogP contribution in [0, 0.1) is 5.92 Å². The van der Waals surface area contributed by atoms with Gasteiger partial charge in [0.1, 0.15) is 5.82 Å². The summed E-state index contributed by atoms with van der Waals surface area (Å²) in [6.07, 6.45) is 0.962. The lowest BCUT2D eigenvalue weighted by Gasteiger charge is -2.11.